The zero-order valence-corrected chi connectivity index (χ0v) is 16.5. The molecule has 0 unspecified atom stereocenters. The summed E-state index contributed by atoms with van der Waals surface area (Å²) >= 11 is 0. The lowest BCUT2D eigenvalue weighted by Crippen LogP contribution is -2.26. The summed E-state index contributed by atoms with van der Waals surface area (Å²) in [5.74, 6) is 0.322. The summed E-state index contributed by atoms with van der Waals surface area (Å²) in [5, 5.41) is 0. The molecule has 0 saturated heterocycles. The van der Waals surface area contributed by atoms with Gasteiger partial charge in [-0.15, -0.1) is 0 Å². The van der Waals surface area contributed by atoms with E-state index in [-0.39, 0.29) is 11.3 Å². The van der Waals surface area contributed by atoms with Crippen LogP contribution in [0.2, 0.25) is 0 Å². The number of rotatable bonds is 7. The van der Waals surface area contributed by atoms with Crippen LogP contribution in [-0.2, 0) is 10.2 Å². The third kappa shape index (κ3) is 5.84. The number of anilines is 1. The van der Waals surface area contributed by atoms with Crippen LogP contribution in [0.4, 0.5) is 5.69 Å². The number of carbonyl (C=O) groups excluding carboxylic acids is 2. The minimum absolute atomic E-state index is 0.00601. The quantitative estimate of drug-likeness (QED) is 0.753. The summed E-state index contributed by atoms with van der Waals surface area (Å²) in [6.45, 7) is 7.00. The molecule has 2 N–H and O–H groups in total. The molecule has 0 atom stereocenters. The SMILES string of the molecule is CN(C(=O)CCCOc1ccc(C(C)(C)C)cc1)c1ccc(C(N)=O)cc1. The highest BCUT2D eigenvalue weighted by atomic mass is 16.5. The number of amides is 2. The van der Waals surface area contributed by atoms with Crippen LogP contribution in [0.25, 0.3) is 0 Å². The highest BCUT2D eigenvalue weighted by Gasteiger charge is 2.13. The maximum Gasteiger partial charge on any atom is 0.248 e. The van der Waals surface area contributed by atoms with Crippen LogP contribution >= 0.6 is 0 Å². The van der Waals surface area contributed by atoms with Crippen LogP contribution in [0.15, 0.2) is 48.5 Å². The zero-order valence-electron chi connectivity index (χ0n) is 16.5. The Morgan fingerprint density at radius 3 is 2.11 bits per heavy atom. The van der Waals surface area contributed by atoms with Gasteiger partial charge in [0.1, 0.15) is 5.75 Å². The number of hydrogen-bond acceptors (Lipinski definition) is 3. The first-order valence-corrected chi connectivity index (χ1v) is 9.08. The summed E-state index contributed by atoms with van der Waals surface area (Å²) in [4.78, 5) is 25.0. The molecule has 2 rings (SSSR count). The van der Waals surface area contributed by atoms with E-state index in [1.54, 1.807) is 36.2 Å². The second kappa shape index (κ2) is 8.71. The number of carbonyl (C=O) groups is 2. The Bertz CT molecular complexity index is 775. The predicted octanol–water partition coefficient (Wildman–Crippen LogP) is 3.91. The molecule has 0 saturated carbocycles. The van der Waals surface area contributed by atoms with Crippen molar-refractivity contribution in [3.05, 3.63) is 59.7 Å². The van der Waals surface area contributed by atoms with Crippen molar-refractivity contribution in [2.45, 2.75) is 39.0 Å². The molecule has 0 bridgehead atoms. The zero-order chi connectivity index (χ0) is 20.0. The topological polar surface area (TPSA) is 72.6 Å². The molecule has 2 amide bonds. The van der Waals surface area contributed by atoms with Crippen LogP contribution in [0.5, 0.6) is 5.75 Å². The van der Waals surface area contributed by atoms with Crippen LogP contribution in [0, 0.1) is 0 Å². The highest BCUT2D eigenvalue weighted by Crippen LogP contribution is 2.24. The van der Waals surface area contributed by atoms with Crippen molar-refractivity contribution in [2.24, 2.45) is 5.73 Å². The Labute approximate surface area is 161 Å². The summed E-state index contributed by atoms with van der Waals surface area (Å²) < 4.78 is 5.73. The molecule has 0 fully saturated rings. The van der Waals surface area contributed by atoms with Gasteiger partial charge in [0.2, 0.25) is 11.8 Å². The fourth-order valence-electron chi connectivity index (χ4n) is 2.63. The van der Waals surface area contributed by atoms with Crippen molar-refractivity contribution >= 4 is 17.5 Å². The van der Waals surface area contributed by atoms with E-state index in [0.717, 1.165) is 11.4 Å². The lowest BCUT2D eigenvalue weighted by molar-refractivity contribution is -0.118. The van der Waals surface area contributed by atoms with Gasteiger partial charge in [-0.3, -0.25) is 9.59 Å². The Morgan fingerprint density at radius 2 is 1.59 bits per heavy atom. The molecule has 0 aliphatic carbocycles. The fraction of sp³-hybridized carbons (Fsp3) is 0.364. The van der Waals surface area contributed by atoms with Gasteiger partial charge in [0.15, 0.2) is 0 Å². The van der Waals surface area contributed by atoms with Gasteiger partial charge < -0.3 is 15.4 Å². The number of primary amides is 1. The van der Waals surface area contributed by atoms with Crippen LogP contribution < -0.4 is 15.4 Å². The largest absolute Gasteiger partial charge is 0.494 e. The Morgan fingerprint density at radius 1 is 1.00 bits per heavy atom. The molecule has 5 heteroatoms. The molecule has 2 aromatic rings. The summed E-state index contributed by atoms with van der Waals surface area (Å²) in [6, 6.07) is 14.7. The van der Waals surface area contributed by atoms with Gasteiger partial charge in [0, 0.05) is 24.7 Å². The average molecular weight is 368 g/mol. The lowest BCUT2D eigenvalue weighted by atomic mass is 9.87. The summed E-state index contributed by atoms with van der Waals surface area (Å²) in [6.07, 6.45) is 1.01. The minimum atomic E-state index is -0.483. The van der Waals surface area contributed by atoms with E-state index in [1.807, 2.05) is 12.1 Å². The van der Waals surface area contributed by atoms with Crippen molar-refractivity contribution in [3.63, 3.8) is 0 Å². The van der Waals surface area contributed by atoms with Gasteiger partial charge in [-0.05, 0) is 53.8 Å². The van der Waals surface area contributed by atoms with Gasteiger partial charge in [-0.2, -0.15) is 0 Å². The number of nitrogens with zero attached hydrogens (tertiary/aromatic N) is 1. The normalized spacial score (nSPS) is 11.1. The van der Waals surface area contributed by atoms with Crippen molar-refractivity contribution in [1.82, 2.24) is 0 Å². The lowest BCUT2D eigenvalue weighted by Gasteiger charge is -2.19. The molecular formula is C22H28N2O3. The van der Waals surface area contributed by atoms with Crippen molar-refractivity contribution in [3.8, 4) is 5.75 Å². The Hall–Kier alpha value is -2.82. The maximum atomic E-state index is 12.3. The van der Waals surface area contributed by atoms with E-state index >= 15 is 0 Å². The summed E-state index contributed by atoms with van der Waals surface area (Å²) in [5.41, 5.74) is 7.75. The molecule has 0 heterocycles. The van der Waals surface area contributed by atoms with Gasteiger partial charge in [0.25, 0.3) is 0 Å². The van der Waals surface area contributed by atoms with Crippen molar-refractivity contribution in [1.29, 1.82) is 0 Å². The van der Waals surface area contributed by atoms with Crippen LogP contribution in [0.1, 0.15) is 49.5 Å². The molecule has 27 heavy (non-hydrogen) atoms. The number of hydrogen-bond donors (Lipinski definition) is 1. The smallest absolute Gasteiger partial charge is 0.248 e. The molecule has 0 aliphatic rings. The van der Waals surface area contributed by atoms with Crippen molar-refractivity contribution < 1.29 is 14.3 Å². The monoisotopic (exact) mass is 368 g/mol. The third-order valence-electron chi connectivity index (χ3n) is 4.44. The molecular weight excluding hydrogens is 340 g/mol. The van der Waals surface area contributed by atoms with Crippen LogP contribution in [0.3, 0.4) is 0 Å². The van der Waals surface area contributed by atoms with E-state index in [9.17, 15) is 9.59 Å². The van der Waals surface area contributed by atoms with E-state index < -0.39 is 5.91 Å². The van der Waals surface area contributed by atoms with Gasteiger partial charge in [0.05, 0.1) is 6.61 Å². The van der Waals surface area contributed by atoms with E-state index in [1.165, 1.54) is 5.56 Å². The van der Waals surface area contributed by atoms with Gasteiger partial charge in [-0.25, -0.2) is 0 Å². The molecule has 144 valence electrons. The van der Waals surface area contributed by atoms with Gasteiger partial charge >= 0.3 is 0 Å². The van der Waals surface area contributed by atoms with Crippen LogP contribution in [-0.4, -0.2) is 25.5 Å². The first-order valence-electron chi connectivity index (χ1n) is 9.08. The van der Waals surface area contributed by atoms with E-state index in [4.69, 9.17) is 10.5 Å². The number of ether oxygens (including phenoxy) is 1. The average Bonchev–Trinajstić information content (AvgIpc) is 2.64. The maximum absolute atomic E-state index is 12.3. The first-order chi connectivity index (χ1) is 12.7. The molecule has 0 aliphatic heterocycles. The standard InChI is InChI=1S/C22H28N2O3/c1-22(2,3)17-9-13-19(14-10-17)27-15-5-6-20(25)24(4)18-11-7-16(8-12-18)21(23)26/h7-14H,5-6,15H2,1-4H3,(H2,23,26). The molecule has 0 spiro atoms. The highest BCUT2D eigenvalue weighted by molar-refractivity contribution is 5.95. The fourth-order valence-corrected chi connectivity index (χ4v) is 2.63. The van der Waals surface area contributed by atoms with E-state index in [0.29, 0.717) is 25.0 Å². The molecule has 0 radical (unpaired) electrons. The van der Waals surface area contributed by atoms with E-state index in [2.05, 4.69) is 32.9 Å². The summed E-state index contributed by atoms with van der Waals surface area (Å²) in [7, 11) is 1.72. The van der Waals surface area contributed by atoms with Gasteiger partial charge in [-0.1, -0.05) is 32.9 Å². The molecule has 5 nitrogen and oxygen atoms in total. The minimum Gasteiger partial charge on any atom is -0.494 e. The predicted molar refractivity (Wildman–Crippen MR) is 108 cm³/mol. The number of benzene rings is 2. The Kier molecular flexibility index (Phi) is 6.61. The first kappa shape index (κ1) is 20.5. The third-order valence-corrected chi connectivity index (χ3v) is 4.44. The number of nitrogens with two attached hydrogens (primary N) is 1. The Balaban J connectivity index is 1.79. The molecule has 2 aromatic carbocycles. The second-order valence-corrected chi connectivity index (χ2v) is 7.59. The van der Waals surface area contributed by atoms with Crippen molar-refractivity contribution in [2.75, 3.05) is 18.6 Å². The second-order valence-electron chi connectivity index (χ2n) is 7.59. The molecule has 0 aromatic heterocycles.